The Balaban J connectivity index is 0. The number of hydrogen-bond acceptors (Lipinski definition) is 2. The molecule has 0 spiro atoms. The second-order valence-corrected chi connectivity index (χ2v) is 14.8. The molecule has 18 heavy (non-hydrogen) atoms. The molecule has 111 valence electrons. The van der Waals surface area contributed by atoms with E-state index in [-0.39, 0.29) is 0 Å². The van der Waals surface area contributed by atoms with Crippen LogP contribution in [-0.2, 0) is 10.1 Å². The Morgan fingerprint density at radius 2 is 1.06 bits per heavy atom. The Kier molecular flexibility index (Phi) is 16.5. The summed E-state index contributed by atoms with van der Waals surface area (Å²) in [5.74, 6) is 0. The summed E-state index contributed by atoms with van der Waals surface area (Å²) in [6, 6.07) is 0. The van der Waals surface area contributed by atoms with Crippen molar-refractivity contribution in [2.75, 3.05) is 6.26 Å². The summed E-state index contributed by atoms with van der Waals surface area (Å²) < 4.78 is 30.9. The van der Waals surface area contributed by atoms with Crippen molar-refractivity contribution in [3.63, 3.8) is 0 Å². The smallest absolute Gasteiger partial charge is 0.261 e. The molecule has 0 amide bonds. The molecule has 0 bridgehead atoms. The van der Waals surface area contributed by atoms with Crippen LogP contribution >= 0.6 is 0 Å². The average Bonchev–Trinajstić information content (AvgIpc) is 2.26. The van der Waals surface area contributed by atoms with Crippen LogP contribution in [0.3, 0.4) is 0 Å². The molecule has 1 N–H and O–H groups in total. The van der Waals surface area contributed by atoms with E-state index in [4.69, 9.17) is 4.55 Å². The third kappa shape index (κ3) is 25.5. The predicted molar refractivity (Wildman–Crippen MR) is 82.4 cm³/mol. The van der Waals surface area contributed by atoms with Crippen LogP contribution < -0.4 is 0 Å². The van der Waals surface area contributed by atoms with Gasteiger partial charge in [0.1, 0.15) is 0 Å². The van der Waals surface area contributed by atoms with Gasteiger partial charge < -0.3 is 0 Å². The minimum Gasteiger partial charge on any atom is -0.286 e. The van der Waals surface area contributed by atoms with Gasteiger partial charge in [0.05, 0.1) is 6.26 Å². The van der Waals surface area contributed by atoms with Crippen molar-refractivity contribution in [1.29, 1.82) is 0 Å². The fourth-order valence-corrected chi connectivity index (χ4v) is 11.1. The largest absolute Gasteiger partial charge is 0.286 e. The summed E-state index contributed by atoms with van der Waals surface area (Å²) in [4.78, 5) is 0. The van der Waals surface area contributed by atoms with Crippen LogP contribution in [0.1, 0.15) is 59.3 Å². The molecule has 0 aromatic rings. The second-order valence-electron chi connectivity index (χ2n) is 4.79. The fourth-order valence-electron chi connectivity index (χ4n) is 1.66. The third-order valence-electron chi connectivity index (χ3n) is 2.65. The molecule has 0 fully saturated rings. The van der Waals surface area contributed by atoms with Crippen LogP contribution in [0.5, 0.6) is 0 Å². The monoisotopic (exact) mass is 387 g/mol. The Morgan fingerprint density at radius 1 is 0.833 bits per heavy atom. The van der Waals surface area contributed by atoms with E-state index in [0.717, 1.165) is 0 Å². The van der Waals surface area contributed by atoms with E-state index in [9.17, 15) is 8.42 Å². The van der Waals surface area contributed by atoms with Crippen molar-refractivity contribution in [3.05, 3.63) is 0 Å². The molecule has 0 saturated heterocycles. The molecule has 0 heterocycles. The van der Waals surface area contributed by atoms with Gasteiger partial charge in [0.25, 0.3) is 10.1 Å². The van der Waals surface area contributed by atoms with E-state index in [1.54, 1.807) is 13.3 Å². The minimum absolute atomic E-state index is 0.715. The zero-order valence-electron chi connectivity index (χ0n) is 12.5. The first-order valence-electron chi connectivity index (χ1n) is 7.11. The molecule has 5 heteroatoms. The molecular weight excluding hydrogens is 355 g/mol. The number of hydrogen-bond donors (Lipinski definition) is 1. The van der Waals surface area contributed by atoms with E-state index in [2.05, 4.69) is 20.8 Å². The van der Waals surface area contributed by atoms with Crippen LogP contribution in [0.4, 0.5) is 0 Å². The van der Waals surface area contributed by atoms with Gasteiger partial charge in [-0.3, -0.25) is 4.55 Å². The standard InChI is InChI=1S/3C4H9.CH4O3S.Sn/c3*1-3-4-2;1-5(2,3)4;/h3*1,3-4H2,2H3;1H3,(H,2,3,4);. The molecule has 0 saturated carbocycles. The first kappa shape index (κ1) is 21.0. The summed E-state index contributed by atoms with van der Waals surface area (Å²) in [6.07, 6.45) is 9.56. The molecule has 0 aromatic carbocycles. The maximum absolute atomic E-state index is 9.19. The van der Waals surface area contributed by atoms with Crippen LogP contribution in [0.25, 0.3) is 0 Å². The Bertz CT molecular complexity index is 226. The summed E-state index contributed by atoms with van der Waals surface area (Å²) in [6.45, 7) is 7.00. The minimum atomic E-state index is -3.67. The zero-order chi connectivity index (χ0) is 14.4. The molecule has 0 unspecified atom stereocenters. The van der Waals surface area contributed by atoms with Crippen molar-refractivity contribution in [2.45, 2.75) is 72.6 Å². The molecule has 0 atom stereocenters. The molecule has 1 radical (unpaired) electrons. The van der Waals surface area contributed by atoms with Crippen LogP contribution in [0, 0.1) is 0 Å². The third-order valence-corrected chi connectivity index (χ3v) is 11.7. The summed E-state index contributed by atoms with van der Waals surface area (Å²) in [5.41, 5.74) is 0. The molecule has 0 aliphatic carbocycles. The quantitative estimate of drug-likeness (QED) is 0.473. The predicted octanol–water partition coefficient (Wildman–Crippen LogP) is 4.39. The molecule has 0 aromatic heterocycles. The zero-order valence-corrected chi connectivity index (χ0v) is 16.2. The van der Waals surface area contributed by atoms with E-state index >= 15 is 0 Å². The van der Waals surface area contributed by atoms with Crippen molar-refractivity contribution in [2.24, 2.45) is 0 Å². The van der Waals surface area contributed by atoms with E-state index in [0.29, 0.717) is 6.26 Å². The van der Waals surface area contributed by atoms with Crippen LogP contribution in [0.15, 0.2) is 0 Å². The maximum atomic E-state index is 9.19. The van der Waals surface area contributed by atoms with Gasteiger partial charge in [-0.2, -0.15) is 8.42 Å². The van der Waals surface area contributed by atoms with Gasteiger partial charge in [0.15, 0.2) is 0 Å². The summed E-state index contributed by atoms with van der Waals surface area (Å²) in [7, 11) is -3.67. The SMILES string of the molecule is CCC[CH2][Sn]([CH2]CCC)[CH2]CCC.CS(=O)(=O)O. The van der Waals surface area contributed by atoms with E-state index in [1.807, 2.05) is 0 Å². The first-order chi connectivity index (χ1) is 8.35. The summed E-state index contributed by atoms with van der Waals surface area (Å²) >= 11 is -0.839. The molecule has 0 rings (SSSR count). The molecular formula is C13H31O3SSn. The van der Waals surface area contributed by atoms with Crippen molar-refractivity contribution >= 4 is 29.9 Å². The summed E-state index contributed by atoms with van der Waals surface area (Å²) in [5, 5.41) is 0. The topological polar surface area (TPSA) is 54.4 Å². The van der Waals surface area contributed by atoms with Gasteiger partial charge in [-0.15, -0.1) is 0 Å². The van der Waals surface area contributed by atoms with Gasteiger partial charge in [-0.1, -0.05) is 0 Å². The second kappa shape index (κ2) is 14.1. The first-order valence-corrected chi connectivity index (χ1v) is 15.0. The van der Waals surface area contributed by atoms with Gasteiger partial charge >= 0.3 is 92.4 Å². The average molecular weight is 386 g/mol. The normalized spacial score (nSPS) is 11.2. The Morgan fingerprint density at radius 3 is 1.22 bits per heavy atom. The Hall–Kier alpha value is 0.709. The number of rotatable bonds is 9. The van der Waals surface area contributed by atoms with Crippen molar-refractivity contribution < 1.29 is 13.0 Å². The van der Waals surface area contributed by atoms with E-state index < -0.39 is 29.9 Å². The van der Waals surface area contributed by atoms with Crippen LogP contribution in [-0.4, -0.2) is 39.0 Å². The Labute approximate surface area is 121 Å². The van der Waals surface area contributed by atoms with Crippen LogP contribution in [0.2, 0.25) is 13.3 Å². The fraction of sp³-hybridized carbons (Fsp3) is 1.00. The molecule has 0 aliphatic rings. The van der Waals surface area contributed by atoms with Gasteiger partial charge in [-0.25, -0.2) is 0 Å². The van der Waals surface area contributed by atoms with Gasteiger partial charge in [0, 0.05) is 0 Å². The van der Waals surface area contributed by atoms with Crippen molar-refractivity contribution in [3.8, 4) is 0 Å². The van der Waals surface area contributed by atoms with Gasteiger partial charge in [-0.05, 0) is 0 Å². The number of unbranched alkanes of at least 4 members (excludes halogenated alkanes) is 3. The van der Waals surface area contributed by atoms with E-state index in [1.165, 1.54) is 38.5 Å². The van der Waals surface area contributed by atoms with Crippen molar-refractivity contribution in [1.82, 2.24) is 0 Å². The molecule has 3 nitrogen and oxygen atoms in total. The van der Waals surface area contributed by atoms with Gasteiger partial charge in [0.2, 0.25) is 0 Å². The maximum Gasteiger partial charge on any atom is 0.261 e. The molecule has 0 aliphatic heterocycles.